The van der Waals surface area contributed by atoms with Crippen LogP contribution in [0.15, 0.2) is 36.4 Å². The summed E-state index contributed by atoms with van der Waals surface area (Å²) in [6.45, 7) is 1.96. The average molecular weight is 382 g/mol. The van der Waals surface area contributed by atoms with Gasteiger partial charge in [0.25, 0.3) is 0 Å². The van der Waals surface area contributed by atoms with Crippen LogP contribution in [-0.4, -0.2) is 29.3 Å². The molecule has 146 valence electrons. The molecule has 4 nitrogen and oxygen atoms in total. The van der Waals surface area contributed by atoms with Gasteiger partial charge >= 0.3 is 18.1 Å². The molecule has 0 aromatic heterocycles. The van der Waals surface area contributed by atoms with E-state index in [0.29, 0.717) is 23.6 Å². The van der Waals surface area contributed by atoms with Crippen LogP contribution in [0.25, 0.3) is 10.8 Å². The normalized spacial score (nSPS) is 12.7. The molecule has 0 spiro atoms. The molecule has 1 unspecified atom stereocenters. The number of benzene rings is 2. The number of fused-ring (bicyclic) bond motifs is 1. The number of hydrogen-bond acceptors (Lipinski definition) is 3. The number of hydrogen-bond donors (Lipinski definition) is 1. The molecule has 0 saturated heterocycles. The summed E-state index contributed by atoms with van der Waals surface area (Å²) in [4.78, 5) is 23.2. The molecule has 27 heavy (non-hydrogen) atoms. The fourth-order valence-electron chi connectivity index (χ4n) is 2.75. The topological polar surface area (TPSA) is 63.6 Å². The molecule has 0 amide bonds. The lowest BCUT2D eigenvalue weighted by Crippen LogP contribution is -2.33. The maximum atomic E-state index is 13.1. The molecular formula is C20H21F3O4. The van der Waals surface area contributed by atoms with Crippen molar-refractivity contribution in [3.63, 3.8) is 0 Å². The van der Waals surface area contributed by atoms with Gasteiger partial charge in [-0.2, -0.15) is 13.2 Å². The number of carboxylic acid groups (broad SMARTS) is 1. The maximum Gasteiger partial charge on any atom is 0.425 e. The number of halogens is 3. The molecule has 0 aliphatic heterocycles. The van der Waals surface area contributed by atoms with Crippen molar-refractivity contribution in [1.82, 2.24) is 0 Å². The van der Waals surface area contributed by atoms with Crippen molar-refractivity contribution in [2.45, 2.75) is 51.3 Å². The summed E-state index contributed by atoms with van der Waals surface area (Å²) in [6, 6.07) is 8.52. The summed E-state index contributed by atoms with van der Waals surface area (Å²) < 4.78 is 44.2. The summed E-state index contributed by atoms with van der Waals surface area (Å²) in [5.74, 6) is -2.13. The van der Waals surface area contributed by atoms with Crippen LogP contribution in [0, 0.1) is 0 Å². The monoisotopic (exact) mass is 382 g/mol. The van der Waals surface area contributed by atoms with Gasteiger partial charge in [-0.05, 0) is 47.9 Å². The van der Waals surface area contributed by atoms with E-state index in [0.717, 1.165) is 12.8 Å². The molecule has 2 aromatic carbocycles. The van der Waals surface area contributed by atoms with Gasteiger partial charge in [0.1, 0.15) is 0 Å². The van der Waals surface area contributed by atoms with Crippen molar-refractivity contribution >= 4 is 22.7 Å². The maximum absolute atomic E-state index is 13.1. The number of carbonyl (C=O) groups is 2. The largest absolute Gasteiger partial charge is 0.478 e. The van der Waals surface area contributed by atoms with Gasteiger partial charge in [0.15, 0.2) is 6.10 Å². The third-order valence-electron chi connectivity index (χ3n) is 4.26. The van der Waals surface area contributed by atoms with E-state index in [1.807, 2.05) is 6.92 Å². The Kier molecular flexibility index (Phi) is 6.82. The van der Waals surface area contributed by atoms with E-state index < -0.39 is 24.2 Å². The Morgan fingerprint density at radius 3 is 2.15 bits per heavy atom. The van der Waals surface area contributed by atoms with E-state index in [2.05, 4.69) is 0 Å². The zero-order chi connectivity index (χ0) is 20.0. The zero-order valence-electron chi connectivity index (χ0n) is 14.9. The number of rotatable bonds is 8. The summed E-state index contributed by atoms with van der Waals surface area (Å²) in [5.41, 5.74) is 0.0791. The SMILES string of the molecule is CCCCCCC(OC(=O)c1ccc2cc(C(=O)O)ccc2c1)C(F)(F)F. The molecule has 2 aromatic rings. The van der Waals surface area contributed by atoms with E-state index in [1.54, 1.807) is 0 Å². The Hall–Kier alpha value is -2.57. The molecule has 0 aliphatic carbocycles. The van der Waals surface area contributed by atoms with Crippen LogP contribution in [0.3, 0.4) is 0 Å². The molecule has 0 heterocycles. The van der Waals surface area contributed by atoms with E-state index in [-0.39, 0.29) is 17.5 Å². The van der Waals surface area contributed by atoms with Crippen LogP contribution in [0.2, 0.25) is 0 Å². The third kappa shape index (κ3) is 5.70. The predicted octanol–water partition coefficient (Wildman–Crippen LogP) is 5.60. The average Bonchev–Trinajstić information content (AvgIpc) is 2.62. The summed E-state index contributed by atoms with van der Waals surface area (Å²) in [7, 11) is 0. The minimum Gasteiger partial charge on any atom is -0.478 e. The predicted molar refractivity (Wildman–Crippen MR) is 94.9 cm³/mol. The van der Waals surface area contributed by atoms with Gasteiger partial charge < -0.3 is 9.84 Å². The van der Waals surface area contributed by atoms with Crippen LogP contribution >= 0.6 is 0 Å². The summed E-state index contributed by atoms with van der Waals surface area (Å²) in [5, 5.41) is 10.1. The van der Waals surface area contributed by atoms with Crippen molar-refractivity contribution in [2.24, 2.45) is 0 Å². The fraction of sp³-hybridized carbons (Fsp3) is 0.400. The number of aromatic carboxylic acids is 1. The highest BCUT2D eigenvalue weighted by molar-refractivity contribution is 5.98. The molecule has 1 N–H and O–H groups in total. The van der Waals surface area contributed by atoms with Crippen LogP contribution < -0.4 is 0 Å². The second-order valence-corrected chi connectivity index (χ2v) is 6.37. The second kappa shape index (κ2) is 8.88. The highest BCUT2D eigenvalue weighted by Crippen LogP contribution is 2.28. The van der Waals surface area contributed by atoms with Crippen molar-refractivity contribution in [1.29, 1.82) is 0 Å². The molecule has 0 aliphatic rings. The lowest BCUT2D eigenvalue weighted by molar-refractivity contribution is -0.206. The number of unbranched alkanes of at least 4 members (excludes halogenated alkanes) is 3. The Bertz CT molecular complexity index is 814. The first kappa shape index (κ1) is 20.7. The van der Waals surface area contributed by atoms with E-state index in [9.17, 15) is 22.8 Å². The van der Waals surface area contributed by atoms with Crippen LogP contribution in [0.4, 0.5) is 13.2 Å². The first-order valence-corrected chi connectivity index (χ1v) is 8.77. The number of alkyl halides is 3. The third-order valence-corrected chi connectivity index (χ3v) is 4.26. The van der Waals surface area contributed by atoms with E-state index in [1.165, 1.54) is 36.4 Å². The number of carboxylic acids is 1. The first-order chi connectivity index (χ1) is 12.7. The lowest BCUT2D eigenvalue weighted by atomic mass is 10.0. The van der Waals surface area contributed by atoms with Gasteiger partial charge in [-0.25, -0.2) is 9.59 Å². The summed E-state index contributed by atoms with van der Waals surface area (Å²) >= 11 is 0. The van der Waals surface area contributed by atoms with Gasteiger partial charge in [0.2, 0.25) is 0 Å². The van der Waals surface area contributed by atoms with Crippen LogP contribution in [0.5, 0.6) is 0 Å². The van der Waals surface area contributed by atoms with Gasteiger partial charge in [-0.1, -0.05) is 38.3 Å². The second-order valence-electron chi connectivity index (χ2n) is 6.37. The van der Waals surface area contributed by atoms with Crippen molar-refractivity contribution < 1.29 is 32.6 Å². The Morgan fingerprint density at radius 2 is 1.59 bits per heavy atom. The number of esters is 1. The minimum atomic E-state index is -4.62. The van der Waals surface area contributed by atoms with E-state index in [4.69, 9.17) is 9.84 Å². The Labute approximate surface area is 154 Å². The molecule has 2 rings (SSSR count). The molecule has 1 atom stereocenters. The van der Waals surface area contributed by atoms with E-state index >= 15 is 0 Å². The fourth-order valence-corrected chi connectivity index (χ4v) is 2.75. The Balaban J connectivity index is 2.14. The highest BCUT2D eigenvalue weighted by atomic mass is 19.4. The van der Waals surface area contributed by atoms with Crippen LogP contribution in [-0.2, 0) is 4.74 Å². The minimum absolute atomic E-state index is 0.00613. The van der Waals surface area contributed by atoms with Gasteiger partial charge in [0.05, 0.1) is 11.1 Å². The Morgan fingerprint density at radius 1 is 1.00 bits per heavy atom. The molecule has 0 saturated carbocycles. The molecule has 0 bridgehead atoms. The smallest absolute Gasteiger partial charge is 0.425 e. The van der Waals surface area contributed by atoms with Crippen LogP contribution in [0.1, 0.15) is 59.7 Å². The molecule has 7 heteroatoms. The summed E-state index contributed by atoms with van der Waals surface area (Å²) in [6.07, 6.45) is -4.28. The van der Waals surface area contributed by atoms with Gasteiger partial charge in [0, 0.05) is 0 Å². The first-order valence-electron chi connectivity index (χ1n) is 8.77. The van der Waals surface area contributed by atoms with Crippen molar-refractivity contribution in [3.8, 4) is 0 Å². The molecule has 0 fully saturated rings. The lowest BCUT2D eigenvalue weighted by Gasteiger charge is -2.20. The highest BCUT2D eigenvalue weighted by Gasteiger charge is 2.42. The number of carbonyl (C=O) groups excluding carboxylic acids is 1. The molecule has 0 radical (unpaired) electrons. The van der Waals surface area contributed by atoms with Gasteiger partial charge in [-0.3, -0.25) is 0 Å². The zero-order valence-corrected chi connectivity index (χ0v) is 14.9. The van der Waals surface area contributed by atoms with Crippen molar-refractivity contribution in [3.05, 3.63) is 47.5 Å². The van der Waals surface area contributed by atoms with Crippen molar-refractivity contribution in [2.75, 3.05) is 0 Å². The molecular weight excluding hydrogens is 361 g/mol. The quantitative estimate of drug-likeness (QED) is 0.477. The van der Waals surface area contributed by atoms with Gasteiger partial charge in [-0.15, -0.1) is 0 Å². The standard InChI is InChI=1S/C20H21F3O4/c1-2-3-4-5-6-17(20(21,22)23)27-19(26)16-10-8-13-11-15(18(24)25)9-7-14(13)12-16/h7-12,17H,2-6H2,1H3,(H,24,25). The number of ether oxygens (including phenoxy) is 1.